The van der Waals surface area contributed by atoms with Gasteiger partial charge in [0.2, 0.25) is 5.91 Å². The molecule has 2 aromatic carbocycles. The summed E-state index contributed by atoms with van der Waals surface area (Å²) in [6, 6.07) is 11.4. The van der Waals surface area contributed by atoms with Gasteiger partial charge in [-0.3, -0.25) is 25.2 Å². The second kappa shape index (κ2) is 12.0. The van der Waals surface area contributed by atoms with Gasteiger partial charge in [-0.25, -0.2) is 0 Å². The normalized spacial score (nSPS) is 10.2. The number of unbranched alkanes of at least 4 members (excludes halogenated alkanes) is 1. The number of amides is 3. The number of benzene rings is 2. The molecular weight excluding hydrogens is 450 g/mol. The third-order valence-electron chi connectivity index (χ3n) is 4.15. The second-order valence-corrected chi connectivity index (χ2v) is 7.49. The van der Waals surface area contributed by atoms with Gasteiger partial charge in [0.05, 0.1) is 11.1 Å². The van der Waals surface area contributed by atoms with E-state index in [1.165, 1.54) is 0 Å². The molecule has 0 radical (unpaired) electrons. The number of carbonyl (C=O) groups is 3. The Bertz CT molecular complexity index is 884. The SMILES string of the molecule is CCCCOc1ccc(C(=O)NNC(=O)c2ccc(NC(=O)CCC)cc2)cc1Br. The highest BCUT2D eigenvalue weighted by atomic mass is 79.9. The number of ether oxygens (including phenoxy) is 1. The minimum Gasteiger partial charge on any atom is -0.492 e. The van der Waals surface area contributed by atoms with Crippen LogP contribution >= 0.6 is 15.9 Å². The van der Waals surface area contributed by atoms with Crippen LogP contribution in [0.2, 0.25) is 0 Å². The molecule has 0 heterocycles. The molecule has 0 unspecified atom stereocenters. The number of rotatable bonds is 9. The molecule has 30 heavy (non-hydrogen) atoms. The summed E-state index contributed by atoms with van der Waals surface area (Å²) in [5.74, 6) is -0.328. The van der Waals surface area contributed by atoms with Gasteiger partial charge in [-0.15, -0.1) is 0 Å². The molecule has 0 aliphatic heterocycles. The lowest BCUT2D eigenvalue weighted by molar-refractivity contribution is -0.116. The van der Waals surface area contributed by atoms with Gasteiger partial charge in [-0.05, 0) is 71.2 Å². The first kappa shape index (κ1) is 23.4. The third kappa shape index (κ3) is 7.18. The monoisotopic (exact) mass is 475 g/mol. The lowest BCUT2D eigenvalue weighted by atomic mass is 10.2. The van der Waals surface area contributed by atoms with Gasteiger partial charge in [-0.2, -0.15) is 0 Å². The topological polar surface area (TPSA) is 96.5 Å². The molecule has 2 aromatic rings. The van der Waals surface area contributed by atoms with E-state index in [0.29, 0.717) is 40.1 Å². The van der Waals surface area contributed by atoms with Crippen molar-refractivity contribution >= 4 is 39.3 Å². The molecule has 0 aliphatic carbocycles. The molecule has 0 saturated heterocycles. The van der Waals surface area contributed by atoms with Crippen LogP contribution in [0.1, 0.15) is 60.2 Å². The van der Waals surface area contributed by atoms with E-state index in [9.17, 15) is 14.4 Å². The van der Waals surface area contributed by atoms with Crippen LogP contribution < -0.4 is 20.9 Å². The van der Waals surface area contributed by atoms with Crippen molar-refractivity contribution in [3.8, 4) is 5.75 Å². The van der Waals surface area contributed by atoms with Crippen molar-refractivity contribution in [1.82, 2.24) is 10.9 Å². The Kier molecular flexibility index (Phi) is 9.34. The number of nitrogens with one attached hydrogen (secondary N) is 3. The summed E-state index contributed by atoms with van der Waals surface area (Å²) in [6.45, 7) is 4.62. The molecular formula is C22H26BrN3O4. The van der Waals surface area contributed by atoms with E-state index in [1.54, 1.807) is 42.5 Å². The maximum Gasteiger partial charge on any atom is 0.269 e. The number of halogens is 1. The Balaban J connectivity index is 1.88. The molecule has 0 fully saturated rings. The fourth-order valence-corrected chi connectivity index (χ4v) is 2.99. The summed E-state index contributed by atoms with van der Waals surface area (Å²) in [6.07, 6.45) is 3.19. The van der Waals surface area contributed by atoms with E-state index in [-0.39, 0.29) is 5.91 Å². The molecule has 3 N–H and O–H groups in total. The Morgan fingerprint density at radius 1 is 0.900 bits per heavy atom. The summed E-state index contributed by atoms with van der Waals surface area (Å²) in [4.78, 5) is 36.2. The molecule has 8 heteroatoms. The average Bonchev–Trinajstić information content (AvgIpc) is 2.73. The van der Waals surface area contributed by atoms with Gasteiger partial charge in [0.25, 0.3) is 11.8 Å². The molecule has 0 saturated carbocycles. The predicted octanol–water partition coefficient (Wildman–Crippen LogP) is 4.44. The van der Waals surface area contributed by atoms with Crippen molar-refractivity contribution in [2.45, 2.75) is 39.5 Å². The van der Waals surface area contributed by atoms with E-state index in [0.717, 1.165) is 19.3 Å². The minimum absolute atomic E-state index is 0.0742. The minimum atomic E-state index is -0.464. The number of hydrogen-bond donors (Lipinski definition) is 3. The van der Waals surface area contributed by atoms with Crippen molar-refractivity contribution < 1.29 is 19.1 Å². The van der Waals surface area contributed by atoms with Crippen LogP contribution in [0.5, 0.6) is 5.75 Å². The van der Waals surface area contributed by atoms with Gasteiger partial charge < -0.3 is 10.1 Å². The van der Waals surface area contributed by atoms with E-state index in [1.807, 2.05) is 6.92 Å². The molecule has 0 aliphatic rings. The van der Waals surface area contributed by atoms with Crippen LogP contribution in [0.15, 0.2) is 46.9 Å². The summed E-state index contributed by atoms with van der Waals surface area (Å²) in [5, 5.41) is 2.75. The molecule has 7 nitrogen and oxygen atoms in total. The first-order valence-corrected chi connectivity index (χ1v) is 10.7. The van der Waals surface area contributed by atoms with Gasteiger partial charge in [0.15, 0.2) is 0 Å². The number of hydrogen-bond acceptors (Lipinski definition) is 4. The fraction of sp³-hybridized carbons (Fsp3) is 0.318. The maximum atomic E-state index is 12.3. The first-order valence-electron chi connectivity index (χ1n) is 9.87. The molecule has 160 valence electrons. The van der Waals surface area contributed by atoms with Crippen molar-refractivity contribution in [3.63, 3.8) is 0 Å². The van der Waals surface area contributed by atoms with E-state index in [2.05, 4.69) is 39.0 Å². The summed E-state index contributed by atoms with van der Waals surface area (Å²) in [5.41, 5.74) is 6.11. The largest absolute Gasteiger partial charge is 0.492 e. The van der Waals surface area contributed by atoms with Crippen LogP contribution in [-0.4, -0.2) is 24.3 Å². The summed E-state index contributed by atoms with van der Waals surface area (Å²) < 4.78 is 6.31. The Labute approximate surface area is 184 Å². The van der Waals surface area contributed by atoms with Crippen molar-refractivity contribution in [3.05, 3.63) is 58.1 Å². The summed E-state index contributed by atoms with van der Waals surface area (Å²) >= 11 is 3.40. The third-order valence-corrected chi connectivity index (χ3v) is 4.77. The molecule has 3 amide bonds. The van der Waals surface area contributed by atoms with Crippen molar-refractivity contribution in [2.75, 3.05) is 11.9 Å². The Hall–Kier alpha value is -2.87. The van der Waals surface area contributed by atoms with E-state index < -0.39 is 11.8 Å². The van der Waals surface area contributed by atoms with Gasteiger partial charge >= 0.3 is 0 Å². The van der Waals surface area contributed by atoms with Crippen LogP contribution in [-0.2, 0) is 4.79 Å². The zero-order chi connectivity index (χ0) is 21.9. The van der Waals surface area contributed by atoms with Gasteiger partial charge in [0, 0.05) is 23.2 Å². The quantitative estimate of drug-likeness (QED) is 0.368. The maximum absolute atomic E-state index is 12.3. The molecule has 2 rings (SSSR count). The Morgan fingerprint density at radius 2 is 1.53 bits per heavy atom. The zero-order valence-corrected chi connectivity index (χ0v) is 18.7. The van der Waals surface area contributed by atoms with Crippen molar-refractivity contribution in [2.24, 2.45) is 0 Å². The average molecular weight is 476 g/mol. The highest BCUT2D eigenvalue weighted by Crippen LogP contribution is 2.26. The molecule has 0 aromatic heterocycles. The van der Waals surface area contributed by atoms with Gasteiger partial charge in [-0.1, -0.05) is 20.3 Å². The highest BCUT2D eigenvalue weighted by molar-refractivity contribution is 9.10. The number of carbonyl (C=O) groups excluding carboxylic acids is 3. The molecule has 0 bridgehead atoms. The van der Waals surface area contributed by atoms with Gasteiger partial charge in [0.1, 0.15) is 5.75 Å². The van der Waals surface area contributed by atoms with Crippen LogP contribution in [0, 0.1) is 0 Å². The standard InChI is InChI=1S/C22H26BrN3O4/c1-3-5-13-30-19-12-9-16(14-18(19)23)22(29)26-25-21(28)15-7-10-17(11-8-15)24-20(27)6-4-2/h7-12,14H,3-6,13H2,1-2H3,(H,24,27)(H,25,28)(H,26,29). The molecule has 0 atom stereocenters. The van der Waals surface area contributed by atoms with Crippen LogP contribution in [0.3, 0.4) is 0 Å². The lowest BCUT2D eigenvalue weighted by Crippen LogP contribution is -2.41. The first-order chi connectivity index (χ1) is 14.4. The molecule has 0 spiro atoms. The van der Waals surface area contributed by atoms with E-state index >= 15 is 0 Å². The predicted molar refractivity (Wildman–Crippen MR) is 119 cm³/mol. The van der Waals surface area contributed by atoms with Crippen molar-refractivity contribution in [1.29, 1.82) is 0 Å². The van der Waals surface area contributed by atoms with Crippen LogP contribution in [0.4, 0.5) is 5.69 Å². The zero-order valence-electron chi connectivity index (χ0n) is 17.1. The highest BCUT2D eigenvalue weighted by Gasteiger charge is 2.12. The smallest absolute Gasteiger partial charge is 0.269 e. The summed E-state index contributed by atoms with van der Waals surface area (Å²) in [7, 11) is 0. The Morgan fingerprint density at radius 3 is 2.13 bits per heavy atom. The van der Waals surface area contributed by atoms with Crippen LogP contribution in [0.25, 0.3) is 0 Å². The fourth-order valence-electron chi connectivity index (χ4n) is 2.50. The number of anilines is 1. The second-order valence-electron chi connectivity index (χ2n) is 6.63. The van der Waals surface area contributed by atoms with E-state index in [4.69, 9.17) is 4.74 Å². The lowest BCUT2D eigenvalue weighted by Gasteiger charge is -2.11. The number of hydrazine groups is 1.